The molecule has 0 aliphatic carbocycles. The lowest BCUT2D eigenvalue weighted by molar-refractivity contribution is -0.151. The summed E-state index contributed by atoms with van der Waals surface area (Å²) in [5.41, 5.74) is 0. The summed E-state index contributed by atoms with van der Waals surface area (Å²) in [6.45, 7) is 1.60. The van der Waals surface area contributed by atoms with Gasteiger partial charge >= 0.3 is 11.9 Å². The Labute approximate surface area is 185 Å². The SMILES string of the molecule is CCC(C(=O)Oc1c(Cl)cc(Cl)cc1Cl)C(=O)Oc1c(Cl)cc(Cl)cc1Cl. The first kappa shape index (κ1) is 22.4. The molecule has 0 aliphatic rings. The van der Waals surface area contributed by atoms with Crippen molar-refractivity contribution in [3.8, 4) is 11.5 Å². The van der Waals surface area contributed by atoms with Crippen LogP contribution in [-0.2, 0) is 9.59 Å². The van der Waals surface area contributed by atoms with Crippen molar-refractivity contribution in [1.82, 2.24) is 0 Å². The number of ether oxygens (including phenoxy) is 2. The average Bonchev–Trinajstić information content (AvgIpc) is 2.55. The molecule has 27 heavy (non-hydrogen) atoms. The first-order valence-electron chi connectivity index (χ1n) is 7.36. The largest absolute Gasteiger partial charge is 0.423 e. The lowest BCUT2D eigenvalue weighted by Gasteiger charge is -2.16. The second-order valence-corrected chi connectivity index (χ2v) is 7.70. The van der Waals surface area contributed by atoms with Crippen LogP contribution in [0, 0.1) is 5.92 Å². The first-order chi connectivity index (χ1) is 12.6. The molecule has 4 nitrogen and oxygen atoms in total. The van der Waals surface area contributed by atoms with Gasteiger partial charge in [-0.1, -0.05) is 76.5 Å². The highest BCUT2D eigenvalue weighted by molar-refractivity contribution is 6.41. The van der Waals surface area contributed by atoms with Crippen LogP contribution in [0.1, 0.15) is 13.3 Å². The number of carbonyl (C=O) groups excluding carboxylic acids is 2. The summed E-state index contributed by atoms with van der Waals surface area (Å²) in [7, 11) is 0. The molecule has 2 rings (SSSR count). The summed E-state index contributed by atoms with van der Waals surface area (Å²) < 4.78 is 10.3. The Kier molecular flexibility index (Phi) is 7.93. The summed E-state index contributed by atoms with van der Waals surface area (Å²) in [5, 5.41) is 0.619. The molecule has 2 aromatic rings. The van der Waals surface area contributed by atoms with Gasteiger partial charge in [0.05, 0.1) is 20.1 Å². The molecule has 0 bridgehead atoms. The molecule has 0 atom stereocenters. The van der Waals surface area contributed by atoms with Crippen LogP contribution in [0.4, 0.5) is 0 Å². The number of benzene rings is 2. The molecule has 0 unspecified atom stereocenters. The van der Waals surface area contributed by atoms with E-state index >= 15 is 0 Å². The minimum absolute atomic E-state index is 0.0212. The fraction of sp³-hybridized carbons (Fsp3) is 0.176. The van der Waals surface area contributed by atoms with Crippen molar-refractivity contribution < 1.29 is 19.1 Å². The van der Waals surface area contributed by atoms with Crippen molar-refractivity contribution in [2.24, 2.45) is 5.92 Å². The number of hydrogen-bond acceptors (Lipinski definition) is 4. The Bertz CT molecular complexity index is 781. The molecule has 0 spiro atoms. The zero-order chi connectivity index (χ0) is 20.3. The normalized spacial score (nSPS) is 10.8. The van der Waals surface area contributed by atoms with E-state index in [1.165, 1.54) is 24.3 Å². The van der Waals surface area contributed by atoms with Crippen molar-refractivity contribution in [3.63, 3.8) is 0 Å². The molecule has 0 saturated heterocycles. The zero-order valence-corrected chi connectivity index (χ0v) is 18.0. The van der Waals surface area contributed by atoms with Gasteiger partial charge < -0.3 is 9.47 Å². The molecule has 0 aliphatic heterocycles. The van der Waals surface area contributed by atoms with Crippen molar-refractivity contribution in [1.29, 1.82) is 0 Å². The van der Waals surface area contributed by atoms with E-state index in [9.17, 15) is 9.59 Å². The lowest BCUT2D eigenvalue weighted by atomic mass is 10.1. The molecular weight excluding hydrogens is 481 g/mol. The van der Waals surface area contributed by atoms with Crippen LogP contribution in [0.3, 0.4) is 0 Å². The van der Waals surface area contributed by atoms with Gasteiger partial charge in [0.15, 0.2) is 17.4 Å². The minimum Gasteiger partial charge on any atom is -0.423 e. The Morgan fingerprint density at radius 1 is 0.741 bits per heavy atom. The Morgan fingerprint density at radius 3 is 1.30 bits per heavy atom. The van der Waals surface area contributed by atoms with Crippen LogP contribution in [0.15, 0.2) is 24.3 Å². The van der Waals surface area contributed by atoms with E-state index in [1.54, 1.807) is 6.92 Å². The summed E-state index contributed by atoms with van der Waals surface area (Å²) >= 11 is 35.6. The second-order valence-electron chi connectivity index (χ2n) is 5.20. The van der Waals surface area contributed by atoms with Gasteiger partial charge in [0.1, 0.15) is 0 Å². The Morgan fingerprint density at radius 2 is 1.04 bits per heavy atom. The fourth-order valence-electron chi connectivity index (χ4n) is 2.03. The maximum atomic E-state index is 12.4. The number of hydrogen-bond donors (Lipinski definition) is 0. The molecule has 0 heterocycles. The van der Waals surface area contributed by atoms with Gasteiger partial charge in [-0.2, -0.15) is 0 Å². The summed E-state index contributed by atoms with van der Waals surface area (Å²) in [5.74, 6) is -3.30. The predicted molar refractivity (Wildman–Crippen MR) is 108 cm³/mol. The molecule has 0 aromatic heterocycles. The van der Waals surface area contributed by atoms with E-state index in [1.807, 2.05) is 0 Å². The van der Waals surface area contributed by atoms with Crippen LogP contribution in [0.25, 0.3) is 0 Å². The van der Waals surface area contributed by atoms with E-state index in [2.05, 4.69) is 0 Å². The highest BCUT2D eigenvalue weighted by atomic mass is 35.5. The topological polar surface area (TPSA) is 52.6 Å². The molecule has 10 heteroatoms. The average molecular weight is 491 g/mol. The van der Waals surface area contributed by atoms with Crippen LogP contribution < -0.4 is 9.47 Å². The third-order valence-electron chi connectivity index (χ3n) is 3.31. The molecule has 0 saturated carbocycles. The molecule has 0 radical (unpaired) electrons. The molecule has 2 aromatic carbocycles. The highest BCUT2D eigenvalue weighted by Crippen LogP contribution is 2.38. The van der Waals surface area contributed by atoms with Gasteiger partial charge in [-0.05, 0) is 30.7 Å². The van der Waals surface area contributed by atoms with Crippen LogP contribution >= 0.6 is 69.6 Å². The standard InChI is InChI=1S/C17H10Cl6O4/c1-2-9(16(24)26-14-10(20)3-7(18)4-11(14)21)17(25)27-15-12(22)5-8(19)6-13(15)23/h3-6,9H,2H2,1H3. The Hall–Kier alpha value is -0.880. The minimum atomic E-state index is -1.27. The van der Waals surface area contributed by atoms with Gasteiger partial charge in [-0.25, -0.2) is 0 Å². The Balaban J connectivity index is 2.21. The molecular formula is C17H10Cl6O4. The third-order valence-corrected chi connectivity index (χ3v) is 4.87. The van der Waals surface area contributed by atoms with Gasteiger partial charge in [-0.3, -0.25) is 9.59 Å². The molecule has 0 fully saturated rings. The predicted octanol–water partition coefficient (Wildman–Crippen LogP) is 7.14. The van der Waals surface area contributed by atoms with Crippen molar-refractivity contribution in [2.45, 2.75) is 13.3 Å². The summed E-state index contributed by atoms with van der Waals surface area (Å²) in [6.07, 6.45) is 0.0866. The lowest BCUT2D eigenvalue weighted by Crippen LogP contribution is -2.31. The van der Waals surface area contributed by atoms with Crippen molar-refractivity contribution >= 4 is 81.5 Å². The second kappa shape index (κ2) is 9.55. The fourth-order valence-corrected chi connectivity index (χ4v) is 3.81. The van der Waals surface area contributed by atoms with Gasteiger partial charge in [0.25, 0.3) is 0 Å². The van der Waals surface area contributed by atoms with Gasteiger partial charge in [0, 0.05) is 10.0 Å². The van der Waals surface area contributed by atoms with Crippen molar-refractivity contribution in [2.75, 3.05) is 0 Å². The van der Waals surface area contributed by atoms with E-state index in [0.717, 1.165) is 0 Å². The van der Waals surface area contributed by atoms with Gasteiger partial charge in [0.2, 0.25) is 0 Å². The quantitative estimate of drug-likeness (QED) is 0.254. The first-order valence-corrected chi connectivity index (χ1v) is 9.63. The monoisotopic (exact) mass is 488 g/mol. The van der Waals surface area contributed by atoms with Crippen LogP contribution in [0.5, 0.6) is 11.5 Å². The molecule has 0 amide bonds. The zero-order valence-electron chi connectivity index (χ0n) is 13.5. The maximum absolute atomic E-state index is 12.4. The number of esters is 2. The van der Waals surface area contributed by atoms with Crippen molar-refractivity contribution in [3.05, 3.63) is 54.4 Å². The number of rotatable bonds is 5. The molecule has 144 valence electrons. The number of carbonyl (C=O) groups is 2. The molecule has 0 N–H and O–H groups in total. The van der Waals surface area contributed by atoms with E-state index in [4.69, 9.17) is 79.1 Å². The maximum Gasteiger partial charge on any atom is 0.325 e. The van der Waals surface area contributed by atoms with E-state index < -0.39 is 17.9 Å². The smallest absolute Gasteiger partial charge is 0.325 e. The highest BCUT2D eigenvalue weighted by Gasteiger charge is 2.31. The third kappa shape index (κ3) is 5.57. The van der Waals surface area contributed by atoms with Crippen LogP contribution in [-0.4, -0.2) is 11.9 Å². The van der Waals surface area contributed by atoms with E-state index in [0.29, 0.717) is 0 Å². The summed E-state index contributed by atoms with van der Waals surface area (Å²) in [4.78, 5) is 24.9. The van der Waals surface area contributed by atoms with E-state index in [-0.39, 0.29) is 48.1 Å². The summed E-state index contributed by atoms with van der Waals surface area (Å²) in [6, 6.07) is 5.41. The van der Waals surface area contributed by atoms with Crippen LogP contribution in [0.2, 0.25) is 30.1 Å². The van der Waals surface area contributed by atoms with Gasteiger partial charge in [-0.15, -0.1) is 0 Å². The number of halogens is 6.